The zero-order valence-electron chi connectivity index (χ0n) is 9.26. The Balaban J connectivity index is 3.19. The van der Waals surface area contributed by atoms with Crippen molar-refractivity contribution in [2.75, 3.05) is 14.2 Å². The van der Waals surface area contributed by atoms with Gasteiger partial charge in [0, 0.05) is 19.1 Å². The van der Waals surface area contributed by atoms with Gasteiger partial charge in [-0.25, -0.2) is 4.98 Å². The lowest BCUT2D eigenvalue weighted by Crippen LogP contribution is -1.97. The van der Waals surface area contributed by atoms with Gasteiger partial charge in [-0.2, -0.15) is 0 Å². The van der Waals surface area contributed by atoms with Gasteiger partial charge < -0.3 is 9.47 Å². The number of hydrogen-bond acceptors (Lipinski definition) is 5. The minimum absolute atomic E-state index is 0.0148. The van der Waals surface area contributed by atoms with E-state index in [1.165, 1.54) is 27.2 Å². The standard InChI is InChI=1S/C10H12N2O4/c1-7(12(13)14)6-8-9(15-2)4-5-10(11-8)16-3/h4-6H,1-3H3/b7-6+. The number of rotatable bonds is 4. The highest BCUT2D eigenvalue weighted by Crippen LogP contribution is 2.22. The molecule has 0 radical (unpaired) electrons. The highest BCUT2D eigenvalue weighted by atomic mass is 16.6. The van der Waals surface area contributed by atoms with E-state index in [0.29, 0.717) is 17.3 Å². The number of nitro groups is 1. The number of pyridine rings is 1. The molecule has 1 aromatic rings. The van der Waals surface area contributed by atoms with Crippen molar-refractivity contribution in [2.45, 2.75) is 6.92 Å². The Morgan fingerprint density at radius 3 is 2.62 bits per heavy atom. The van der Waals surface area contributed by atoms with Gasteiger partial charge in [-0.05, 0) is 6.07 Å². The summed E-state index contributed by atoms with van der Waals surface area (Å²) in [5.74, 6) is 0.838. The Kier molecular flexibility index (Phi) is 3.82. The third-order valence-corrected chi connectivity index (χ3v) is 1.92. The molecule has 0 fully saturated rings. The quantitative estimate of drug-likeness (QED) is 0.575. The normalized spacial score (nSPS) is 11.1. The van der Waals surface area contributed by atoms with Gasteiger partial charge in [-0.1, -0.05) is 0 Å². The fourth-order valence-electron chi connectivity index (χ4n) is 1.08. The van der Waals surface area contributed by atoms with Crippen molar-refractivity contribution in [2.24, 2.45) is 0 Å². The molecule has 0 saturated carbocycles. The van der Waals surface area contributed by atoms with Crippen molar-refractivity contribution in [3.05, 3.63) is 33.6 Å². The molecule has 0 amide bonds. The molecule has 1 heterocycles. The van der Waals surface area contributed by atoms with Gasteiger partial charge in [0.15, 0.2) is 0 Å². The lowest BCUT2D eigenvalue weighted by atomic mass is 10.3. The van der Waals surface area contributed by atoms with Crippen molar-refractivity contribution >= 4 is 6.08 Å². The summed E-state index contributed by atoms with van der Waals surface area (Å²) in [5.41, 5.74) is 0.357. The molecule has 0 spiro atoms. The molecule has 6 nitrogen and oxygen atoms in total. The molecule has 0 aromatic carbocycles. The van der Waals surface area contributed by atoms with E-state index in [9.17, 15) is 10.1 Å². The third-order valence-electron chi connectivity index (χ3n) is 1.92. The maximum Gasteiger partial charge on any atom is 0.245 e. The van der Waals surface area contributed by atoms with Gasteiger partial charge in [-0.3, -0.25) is 10.1 Å². The predicted octanol–water partition coefficient (Wildman–Crippen LogP) is 1.74. The fraction of sp³-hybridized carbons (Fsp3) is 0.300. The summed E-state index contributed by atoms with van der Waals surface area (Å²) in [5, 5.41) is 10.5. The van der Waals surface area contributed by atoms with Crippen molar-refractivity contribution < 1.29 is 14.4 Å². The maximum absolute atomic E-state index is 10.5. The average molecular weight is 224 g/mol. The molecule has 86 valence electrons. The Bertz CT molecular complexity index is 429. The first-order valence-electron chi connectivity index (χ1n) is 4.50. The minimum atomic E-state index is -0.486. The van der Waals surface area contributed by atoms with E-state index < -0.39 is 4.92 Å². The van der Waals surface area contributed by atoms with Crippen molar-refractivity contribution in [3.63, 3.8) is 0 Å². The van der Waals surface area contributed by atoms with Crippen LogP contribution < -0.4 is 9.47 Å². The molecule has 0 aliphatic carbocycles. The van der Waals surface area contributed by atoms with Gasteiger partial charge in [-0.15, -0.1) is 0 Å². The fourth-order valence-corrected chi connectivity index (χ4v) is 1.08. The van der Waals surface area contributed by atoms with Gasteiger partial charge in [0.1, 0.15) is 11.4 Å². The Morgan fingerprint density at radius 2 is 2.12 bits per heavy atom. The Labute approximate surface area is 92.7 Å². The number of methoxy groups -OCH3 is 2. The van der Waals surface area contributed by atoms with Crippen LogP contribution in [0, 0.1) is 10.1 Å². The topological polar surface area (TPSA) is 74.5 Å². The molecule has 0 saturated heterocycles. The summed E-state index contributed by atoms with van der Waals surface area (Å²) in [6.07, 6.45) is 1.33. The molecule has 16 heavy (non-hydrogen) atoms. The molecule has 0 atom stereocenters. The summed E-state index contributed by atoms with van der Waals surface area (Å²) in [4.78, 5) is 14.1. The first-order chi connectivity index (χ1) is 7.58. The molecule has 0 unspecified atom stereocenters. The van der Waals surface area contributed by atoms with Crippen LogP contribution in [0.4, 0.5) is 0 Å². The largest absolute Gasteiger partial charge is 0.494 e. The van der Waals surface area contributed by atoms with E-state index in [2.05, 4.69) is 4.98 Å². The Hall–Kier alpha value is -2.11. The molecular weight excluding hydrogens is 212 g/mol. The second-order valence-corrected chi connectivity index (χ2v) is 2.98. The van der Waals surface area contributed by atoms with Crippen LogP contribution in [0.15, 0.2) is 17.8 Å². The SMILES string of the molecule is COc1ccc(OC)c(/C=C(\C)[N+](=O)[O-])n1. The number of allylic oxidation sites excluding steroid dienone is 1. The molecule has 1 rings (SSSR count). The van der Waals surface area contributed by atoms with E-state index in [1.807, 2.05) is 0 Å². The van der Waals surface area contributed by atoms with E-state index in [1.54, 1.807) is 12.1 Å². The monoisotopic (exact) mass is 224 g/mol. The van der Waals surface area contributed by atoms with Crippen LogP contribution in [-0.2, 0) is 0 Å². The zero-order chi connectivity index (χ0) is 12.1. The highest BCUT2D eigenvalue weighted by molar-refractivity contribution is 5.55. The van der Waals surface area contributed by atoms with Crippen LogP contribution in [0.2, 0.25) is 0 Å². The van der Waals surface area contributed by atoms with Crippen molar-refractivity contribution in [1.82, 2.24) is 4.98 Å². The van der Waals surface area contributed by atoms with Gasteiger partial charge >= 0.3 is 0 Å². The molecule has 0 aliphatic heterocycles. The summed E-state index contributed by atoms with van der Waals surface area (Å²) in [6, 6.07) is 3.27. The van der Waals surface area contributed by atoms with Gasteiger partial charge in [0.05, 0.1) is 19.1 Å². The first-order valence-corrected chi connectivity index (χ1v) is 4.50. The van der Waals surface area contributed by atoms with Gasteiger partial charge in [0.2, 0.25) is 11.6 Å². The van der Waals surface area contributed by atoms with Crippen LogP contribution in [0.5, 0.6) is 11.6 Å². The summed E-state index contributed by atoms with van der Waals surface area (Å²) >= 11 is 0. The van der Waals surface area contributed by atoms with E-state index in [-0.39, 0.29) is 5.70 Å². The van der Waals surface area contributed by atoms with Crippen LogP contribution in [-0.4, -0.2) is 24.1 Å². The first kappa shape index (κ1) is 12.0. The smallest absolute Gasteiger partial charge is 0.245 e. The summed E-state index contributed by atoms with van der Waals surface area (Å²) < 4.78 is 9.97. The molecule has 0 N–H and O–H groups in total. The summed E-state index contributed by atoms with van der Waals surface area (Å²) in [7, 11) is 2.95. The number of ether oxygens (including phenoxy) is 2. The van der Waals surface area contributed by atoms with E-state index in [0.717, 1.165) is 0 Å². The van der Waals surface area contributed by atoms with Gasteiger partial charge in [0.25, 0.3) is 0 Å². The van der Waals surface area contributed by atoms with Crippen LogP contribution >= 0.6 is 0 Å². The summed E-state index contributed by atoms with van der Waals surface area (Å²) in [6.45, 7) is 1.39. The number of aromatic nitrogens is 1. The number of hydrogen-bond donors (Lipinski definition) is 0. The molecule has 6 heteroatoms. The van der Waals surface area contributed by atoms with E-state index >= 15 is 0 Å². The molecular formula is C10H12N2O4. The minimum Gasteiger partial charge on any atom is -0.494 e. The van der Waals surface area contributed by atoms with Crippen molar-refractivity contribution in [1.29, 1.82) is 0 Å². The zero-order valence-corrected chi connectivity index (χ0v) is 9.26. The number of nitrogens with zero attached hydrogens (tertiary/aromatic N) is 2. The molecule has 0 aliphatic rings. The van der Waals surface area contributed by atoms with E-state index in [4.69, 9.17) is 9.47 Å². The third kappa shape index (κ3) is 2.69. The predicted molar refractivity (Wildman–Crippen MR) is 58.0 cm³/mol. The van der Waals surface area contributed by atoms with Crippen molar-refractivity contribution in [3.8, 4) is 11.6 Å². The average Bonchev–Trinajstić information content (AvgIpc) is 2.28. The molecule has 0 bridgehead atoms. The second-order valence-electron chi connectivity index (χ2n) is 2.98. The van der Waals surface area contributed by atoms with Crippen LogP contribution in [0.1, 0.15) is 12.6 Å². The highest BCUT2D eigenvalue weighted by Gasteiger charge is 2.09. The van der Waals surface area contributed by atoms with Crippen LogP contribution in [0.3, 0.4) is 0 Å². The second kappa shape index (κ2) is 5.11. The van der Waals surface area contributed by atoms with Crippen LogP contribution in [0.25, 0.3) is 6.08 Å². The lowest BCUT2D eigenvalue weighted by molar-refractivity contribution is -0.422. The molecule has 1 aromatic heterocycles. The lowest BCUT2D eigenvalue weighted by Gasteiger charge is -2.05. The Morgan fingerprint density at radius 1 is 1.44 bits per heavy atom. The maximum atomic E-state index is 10.5.